The highest BCUT2D eigenvalue weighted by Gasteiger charge is 2.50. The molecule has 14 heavy (non-hydrogen) atoms. The van der Waals surface area contributed by atoms with Crippen LogP contribution in [0.2, 0.25) is 0 Å². The van der Waals surface area contributed by atoms with Crippen molar-refractivity contribution in [2.75, 3.05) is 20.2 Å². The molecule has 0 aromatic heterocycles. The zero-order valence-corrected chi connectivity index (χ0v) is 9.51. The second kappa shape index (κ2) is 4.78. The molecule has 0 spiro atoms. The van der Waals surface area contributed by atoms with Crippen molar-refractivity contribution in [2.45, 2.75) is 45.1 Å². The van der Waals surface area contributed by atoms with Crippen LogP contribution < -0.4 is 0 Å². The first kappa shape index (κ1) is 11.5. The summed E-state index contributed by atoms with van der Waals surface area (Å²) in [6.07, 6.45) is 4.30. The highest BCUT2D eigenvalue weighted by atomic mass is 16.5. The van der Waals surface area contributed by atoms with Gasteiger partial charge in [-0.3, -0.25) is 9.69 Å². The van der Waals surface area contributed by atoms with Crippen LogP contribution >= 0.6 is 0 Å². The molecule has 0 saturated carbocycles. The molecule has 0 aromatic carbocycles. The van der Waals surface area contributed by atoms with Crippen LogP contribution in [0.3, 0.4) is 0 Å². The third-order valence-electron chi connectivity index (χ3n) is 3.21. The monoisotopic (exact) mass is 199 g/mol. The van der Waals surface area contributed by atoms with E-state index in [9.17, 15) is 4.79 Å². The molecule has 2 rings (SSSR count). The van der Waals surface area contributed by atoms with E-state index in [1.807, 2.05) is 13.8 Å². The Hall–Kier alpha value is -0.570. The van der Waals surface area contributed by atoms with E-state index in [2.05, 4.69) is 4.90 Å². The Morgan fingerprint density at radius 1 is 1.21 bits per heavy atom. The van der Waals surface area contributed by atoms with Crippen LogP contribution in [0, 0.1) is 0 Å². The van der Waals surface area contributed by atoms with E-state index >= 15 is 0 Å². The van der Waals surface area contributed by atoms with Crippen LogP contribution in [0.1, 0.15) is 39.5 Å². The molecule has 0 N–H and O–H groups in total. The lowest BCUT2D eigenvalue weighted by Gasteiger charge is -2.28. The third kappa shape index (κ3) is 1.65. The van der Waals surface area contributed by atoms with Crippen molar-refractivity contribution >= 4 is 5.97 Å². The number of hydrogen-bond donors (Lipinski definition) is 0. The lowest BCUT2D eigenvalue weighted by molar-refractivity contribution is -0.151. The number of hydrogen-bond acceptors (Lipinski definition) is 3. The number of rotatable bonds is 1. The minimum atomic E-state index is -0.214. The van der Waals surface area contributed by atoms with E-state index in [-0.39, 0.29) is 11.5 Å². The fourth-order valence-corrected chi connectivity index (χ4v) is 2.63. The highest BCUT2D eigenvalue weighted by Crippen LogP contribution is 2.39. The maximum Gasteiger partial charge on any atom is 0.326 e. The lowest BCUT2D eigenvalue weighted by atomic mass is 9.94. The standard InChI is InChI=1S/C9H15NO2.C2H6/c1-12-8(11)9-4-2-6-10(9)7-3-5-9;1-2/h2-7H2,1H3;1-2H3. The third-order valence-corrected chi connectivity index (χ3v) is 3.21. The summed E-state index contributed by atoms with van der Waals surface area (Å²) in [7, 11) is 1.49. The van der Waals surface area contributed by atoms with Crippen LogP contribution in [0.4, 0.5) is 0 Å². The quantitative estimate of drug-likeness (QED) is 0.603. The Labute approximate surface area is 86.4 Å². The average Bonchev–Trinajstić information content (AvgIpc) is 2.78. The zero-order chi connectivity index (χ0) is 10.6. The van der Waals surface area contributed by atoms with Crippen LogP contribution in [0.25, 0.3) is 0 Å². The summed E-state index contributed by atoms with van der Waals surface area (Å²) < 4.78 is 4.86. The molecular weight excluding hydrogens is 178 g/mol. The van der Waals surface area contributed by atoms with Crippen LogP contribution in [0.15, 0.2) is 0 Å². The minimum Gasteiger partial charge on any atom is -0.468 e. The SMILES string of the molecule is CC.COC(=O)C12CCCN1CCC2. The first-order valence-corrected chi connectivity index (χ1v) is 5.63. The largest absolute Gasteiger partial charge is 0.468 e. The minimum absolute atomic E-state index is 0.0162. The second-order valence-corrected chi connectivity index (χ2v) is 3.72. The number of ether oxygens (including phenoxy) is 1. The van der Waals surface area contributed by atoms with Crippen molar-refractivity contribution in [3.8, 4) is 0 Å². The fraction of sp³-hybridized carbons (Fsp3) is 0.909. The summed E-state index contributed by atoms with van der Waals surface area (Å²) in [5, 5.41) is 0. The van der Waals surface area contributed by atoms with Gasteiger partial charge in [-0.05, 0) is 38.8 Å². The maximum absolute atomic E-state index is 11.6. The number of carbonyl (C=O) groups is 1. The van der Waals surface area contributed by atoms with Gasteiger partial charge in [0.1, 0.15) is 5.54 Å². The van der Waals surface area contributed by atoms with Gasteiger partial charge in [-0.1, -0.05) is 13.8 Å². The summed E-state index contributed by atoms with van der Waals surface area (Å²) in [5.41, 5.74) is -0.214. The van der Waals surface area contributed by atoms with E-state index in [0.29, 0.717) is 0 Å². The van der Waals surface area contributed by atoms with Gasteiger partial charge >= 0.3 is 5.97 Å². The molecule has 0 aromatic rings. The van der Waals surface area contributed by atoms with E-state index < -0.39 is 0 Å². The van der Waals surface area contributed by atoms with Crippen molar-refractivity contribution in [1.29, 1.82) is 0 Å². The van der Waals surface area contributed by atoms with Gasteiger partial charge < -0.3 is 4.74 Å². The van der Waals surface area contributed by atoms with E-state index in [4.69, 9.17) is 4.74 Å². The maximum atomic E-state index is 11.6. The van der Waals surface area contributed by atoms with E-state index in [0.717, 1.165) is 38.8 Å². The summed E-state index contributed by atoms with van der Waals surface area (Å²) in [4.78, 5) is 13.8. The Morgan fingerprint density at radius 3 is 2.14 bits per heavy atom. The molecule has 0 atom stereocenters. The molecule has 3 nitrogen and oxygen atoms in total. The highest BCUT2D eigenvalue weighted by molar-refractivity contribution is 5.81. The van der Waals surface area contributed by atoms with Crippen molar-refractivity contribution < 1.29 is 9.53 Å². The number of fused-ring (bicyclic) bond motifs is 1. The number of methoxy groups -OCH3 is 1. The molecule has 0 amide bonds. The molecule has 2 saturated heterocycles. The van der Waals surface area contributed by atoms with Gasteiger partial charge in [0.2, 0.25) is 0 Å². The van der Waals surface area contributed by atoms with E-state index in [1.165, 1.54) is 7.11 Å². The Bertz CT molecular complexity index is 193. The Morgan fingerprint density at radius 2 is 1.71 bits per heavy atom. The first-order valence-electron chi connectivity index (χ1n) is 5.63. The number of esters is 1. The predicted molar refractivity (Wildman–Crippen MR) is 56.1 cm³/mol. The molecule has 0 aliphatic carbocycles. The van der Waals surface area contributed by atoms with Gasteiger partial charge in [0, 0.05) is 0 Å². The van der Waals surface area contributed by atoms with Crippen molar-refractivity contribution in [3.63, 3.8) is 0 Å². The summed E-state index contributed by atoms with van der Waals surface area (Å²) >= 11 is 0. The molecule has 2 fully saturated rings. The van der Waals surface area contributed by atoms with Crippen molar-refractivity contribution in [3.05, 3.63) is 0 Å². The number of nitrogens with zero attached hydrogens (tertiary/aromatic N) is 1. The van der Waals surface area contributed by atoms with E-state index in [1.54, 1.807) is 0 Å². The smallest absolute Gasteiger partial charge is 0.326 e. The molecule has 0 bridgehead atoms. The van der Waals surface area contributed by atoms with Gasteiger partial charge in [0.25, 0.3) is 0 Å². The lowest BCUT2D eigenvalue weighted by Crippen LogP contribution is -2.46. The summed E-state index contributed by atoms with van der Waals surface area (Å²) in [6, 6.07) is 0. The van der Waals surface area contributed by atoms with Crippen LogP contribution in [-0.4, -0.2) is 36.6 Å². The second-order valence-electron chi connectivity index (χ2n) is 3.72. The first-order chi connectivity index (χ1) is 6.79. The molecular formula is C11H21NO2. The fourth-order valence-electron chi connectivity index (χ4n) is 2.63. The van der Waals surface area contributed by atoms with Gasteiger partial charge in [-0.15, -0.1) is 0 Å². The summed E-state index contributed by atoms with van der Waals surface area (Å²) in [5.74, 6) is -0.0162. The molecule has 0 radical (unpaired) electrons. The Kier molecular flexibility index (Phi) is 3.93. The van der Waals surface area contributed by atoms with Gasteiger partial charge in [0.05, 0.1) is 7.11 Å². The van der Waals surface area contributed by atoms with Crippen LogP contribution in [-0.2, 0) is 9.53 Å². The van der Waals surface area contributed by atoms with Crippen LogP contribution in [0.5, 0.6) is 0 Å². The molecule has 82 valence electrons. The normalized spacial score (nSPS) is 23.6. The van der Waals surface area contributed by atoms with Gasteiger partial charge in [-0.25, -0.2) is 0 Å². The number of carbonyl (C=O) groups excluding carboxylic acids is 1. The topological polar surface area (TPSA) is 29.5 Å². The molecule has 3 heteroatoms. The van der Waals surface area contributed by atoms with Gasteiger partial charge in [-0.2, -0.15) is 0 Å². The van der Waals surface area contributed by atoms with Crippen molar-refractivity contribution in [1.82, 2.24) is 4.90 Å². The molecule has 2 aliphatic heterocycles. The molecule has 0 unspecified atom stereocenters. The Balaban J connectivity index is 0.000000461. The molecule has 2 heterocycles. The predicted octanol–water partition coefficient (Wildman–Crippen LogP) is 1.81. The summed E-state index contributed by atoms with van der Waals surface area (Å²) in [6.45, 7) is 6.16. The van der Waals surface area contributed by atoms with Crippen molar-refractivity contribution in [2.24, 2.45) is 0 Å². The zero-order valence-electron chi connectivity index (χ0n) is 9.51. The molecule has 2 aliphatic rings. The average molecular weight is 199 g/mol. The van der Waals surface area contributed by atoms with Gasteiger partial charge in [0.15, 0.2) is 0 Å².